The maximum atomic E-state index is 13.3. The number of benzene rings is 1. The van der Waals surface area contributed by atoms with Crippen LogP contribution in [-0.2, 0) is 14.8 Å². The molecule has 1 aromatic carbocycles. The zero-order valence-electron chi connectivity index (χ0n) is 8.25. The van der Waals surface area contributed by atoms with Crippen molar-refractivity contribution in [2.45, 2.75) is 12.7 Å². The predicted octanol–water partition coefficient (Wildman–Crippen LogP) is 2.21. The van der Waals surface area contributed by atoms with Crippen molar-refractivity contribution < 1.29 is 17.5 Å². The lowest BCUT2D eigenvalue weighted by Crippen LogP contribution is -2.02. The summed E-state index contributed by atoms with van der Waals surface area (Å²) in [4.78, 5) is 0. The minimum atomic E-state index is -3.77. The van der Waals surface area contributed by atoms with Gasteiger partial charge in [-0.1, -0.05) is 0 Å². The van der Waals surface area contributed by atoms with Crippen LogP contribution in [0.2, 0.25) is 0 Å². The Bertz CT molecular complexity index is 470. The predicted molar refractivity (Wildman–Crippen MR) is 56.2 cm³/mol. The smallest absolute Gasteiger partial charge is 0.236 e. The van der Waals surface area contributed by atoms with Crippen molar-refractivity contribution in [1.82, 2.24) is 0 Å². The fourth-order valence-corrected chi connectivity index (χ4v) is 2.30. The Morgan fingerprint density at radius 3 is 2.53 bits per heavy atom. The molecule has 0 saturated carbocycles. The van der Waals surface area contributed by atoms with Crippen LogP contribution in [0.25, 0.3) is 0 Å². The van der Waals surface area contributed by atoms with Gasteiger partial charge in [0.05, 0.1) is 12.9 Å². The fraction of sp³-hybridized carbons (Fsp3) is 0.333. The molecular weight excluding hydrogens is 243 g/mol. The van der Waals surface area contributed by atoms with Crippen LogP contribution >= 0.6 is 10.7 Å². The highest BCUT2D eigenvalue weighted by Gasteiger charge is 2.16. The number of ether oxygens (including phenoxy) is 1. The molecule has 0 radical (unpaired) electrons. The molecule has 0 unspecified atom stereocenters. The summed E-state index contributed by atoms with van der Waals surface area (Å²) >= 11 is 0. The van der Waals surface area contributed by atoms with E-state index < -0.39 is 20.6 Å². The van der Waals surface area contributed by atoms with Crippen molar-refractivity contribution in [1.29, 1.82) is 0 Å². The Balaban J connectivity index is 3.27. The maximum absolute atomic E-state index is 13.3. The minimum Gasteiger partial charge on any atom is -0.496 e. The topological polar surface area (TPSA) is 43.4 Å². The first-order chi connectivity index (χ1) is 6.85. The van der Waals surface area contributed by atoms with Crippen molar-refractivity contribution in [3.8, 4) is 5.75 Å². The van der Waals surface area contributed by atoms with E-state index in [1.807, 2.05) is 0 Å². The molecule has 0 saturated heterocycles. The van der Waals surface area contributed by atoms with Crippen LogP contribution in [0.4, 0.5) is 4.39 Å². The summed E-state index contributed by atoms with van der Waals surface area (Å²) < 4.78 is 40.0. The summed E-state index contributed by atoms with van der Waals surface area (Å²) in [7, 11) is 2.73. The van der Waals surface area contributed by atoms with Gasteiger partial charge in [-0.25, -0.2) is 12.8 Å². The lowest BCUT2D eigenvalue weighted by molar-refractivity contribution is 0.409. The van der Waals surface area contributed by atoms with Crippen LogP contribution in [-0.4, -0.2) is 15.5 Å². The van der Waals surface area contributed by atoms with E-state index >= 15 is 0 Å². The van der Waals surface area contributed by atoms with Crippen molar-refractivity contribution in [3.05, 3.63) is 29.1 Å². The third-order valence-electron chi connectivity index (χ3n) is 2.03. The summed E-state index contributed by atoms with van der Waals surface area (Å²) in [5, 5.41) is 0. The number of hydrogen-bond donors (Lipinski definition) is 0. The van der Waals surface area contributed by atoms with Crippen LogP contribution in [0.15, 0.2) is 12.1 Å². The van der Waals surface area contributed by atoms with Crippen molar-refractivity contribution >= 4 is 19.7 Å². The normalized spacial score (nSPS) is 11.5. The number of hydrogen-bond acceptors (Lipinski definition) is 3. The number of rotatable bonds is 3. The Morgan fingerprint density at radius 2 is 2.07 bits per heavy atom. The molecule has 0 amide bonds. The number of halogens is 2. The van der Waals surface area contributed by atoms with Gasteiger partial charge in [-0.15, -0.1) is 0 Å². The quantitative estimate of drug-likeness (QED) is 0.775. The summed E-state index contributed by atoms with van der Waals surface area (Å²) in [6.45, 7) is 1.58. The van der Waals surface area contributed by atoms with E-state index in [0.29, 0.717) is 11.3 Å². The van der Waals surface area contributed by atoms with Gasteiger partial charge in [0.2, 0.25) is 9.05 Å². The molecule has 1 rings (SSSR count). The zero-order valence-corrected chi connectivity index (χ0v) is 9.82. The lowest BCUT2D eigenvalue weighted by Gasteiger charge is -2.09. The van der Waals surface area contributed by atoms with E-state index in [-0.39, 0.29) is 5.56 Å². The average Bonchev–Trinajstić information content (AvgIpc) is 2.11. The van der Waals surface area contributed by atoms with Gasteiger partial charge in [0, 0.05) is 16.2 Å². The average molecular weight is 253 g/mol. The van der Waals surface area contributed by atoms with Gasteiger partial charge >= 0.3 is 0 Å². The van der Waals surface area contributed by atoms with E-state index in [9.17, 15) is 12.8 Å². The van der Waals surface area contributed by atoms with Gasteiger partial charge < -0.3 is 4.74 Å². The molecular formula is C9H10ClFO3S. The second-order valence-corrected chi connectivity index (χ2v) is 5.81. The largest absolute Gasteiger partial charge is 0.496 e. The molecule has 0 aliphatic heterocycles. The van der Waals surface area contributed by atoms with Crippen molar-refractivity contribution in [2.24, 2.45) is 0 Å². The molecule has 3 nitrogen and oxygen atoms in total. The maximum Gasteiger partial charge on any atom is 0.236 e. The van der Waals surface area contributed by atoms with Crippen LogP contribution in [0.1, 0.15) is 11.1 Å². The molecule has 84 valence electrons. The molecule has 0 aliphatic carbocycles. The van der Waals surface area contributed by atoms with Crippen molar-refractivity contribution in [3.63, 3.8) is 0 Å². The second kappa shape index (κ2) is 4.37. The lowest BCUT2D eigenvalue weighted by atomic mass is 10.1. The van der Waals surface area contributed by atoms with Crippen LogP contribution in [0.5, 0.6) is 5.75 Å². The molecule has 0 aliphatic rings. The molecule has 1 aromatic rings. The molecule has 0 atom stereocenters. The molecule has 0 heterocycles. The van der Waals surface area contributed by atoms with E-state index in [1.54, 1.807) is 6.92 Å². The first kappa shape index (κ1) is 12.3. The summed E-state index contributed by atoms with van der Waals surface area (Å²) in [5.74, 6) is -0.701. The first-order valence-electron chi connectivity index (χ1n) is 4.09. The van der Waals surface area contributed by atoms with E-state index in [4.69, 9.17) is 15.4 Å². The molecule has 6 heteroatoms. The van der Waals surface area contributed by atoms with Gasteiger partial charge in [0.1, 0.15) is 11.6 Å². The standard InChI is InChI=1S/C9H10ClFO3S/c1-6-7(5-15(10,12)13)8(11)3-4-9(6)14-2/h3-4H,5H2,1-2H3. The van der Waals surface area contributed by atoms with E-state index in [1.165, 1.54) is 13.2 Å². The van der Waals surface area contributed by atoms with Gasteiger partial charge in [-0.2, -0.15) is 0 Å². The highest BCUT2D eigenvalue weighted by atomic mass is 35.7. The first-order valence-corrected chi connectivity index (χ1v) is 6.57. The van der Waals surface area contributed by atoms with Gasteiger partial charge in [-0.05, 0) is 24.6 Å². The van der Waals surface area contributed by atoms with Crippen LogP contribution in [0.3, 0.4) is 0 Å². The second-order valence-electron chi connectivity index (χ2n) is 3.04. The summed E-state index contributed by atoms with van der Waals surface area (Å²) in [5.41, 5.74) is 0.492. The van der Waals surface area contributed by atoms with Crippen LogP contribution in [0, 0.1) is 12.7 Å². The Morgan fingerprint density at radius 1 is 1.47 bits per heavy atom. The summed E-state index contributed by atoms with van der Waals surface area (Å²) in [6.07, 6.45) is 0. The van der Waals surface area contributed by atoms with Crippen molar-refractivity contribution in [2.75, 3.05) is 7.11 Å². The Hall–Kier alpha value is -0.810. The molecule has 0 N–H and O–H groups in total. The zero-order chi connectivity index (χ0) is 11.6. The highest BCUT2D eigenvalue weighted by molar-refractivity contribution is 8.13. The Kier molecular flexibility index (Phi) is 3.57. The minimum absolute atomic E-state index is 0.0457. The number of methoxy groups -OCH3 is 1. The Labute approximate surface area is 92.2 Å². The monoisotopic (exact) mass is 252 g/mol. The molecule has 0 fully saturated rings. The third-order valence-corrected chi connectivity index (χ3v) is 2.99. The van der Waals surface area contributed by atoms with E-state index in [2.05, 4.69) is 0 Å². The van der Waals surface area contributed by atoms with Gasteiger partial charge in [-0.3, -0.25) is 0 Å². The molecule has 0 bridgehead atoms. The summed E-state index contributed by atoms with van der Waals surface area (Å²) in [6, 6.07) is 2.60. The van der Waals surface area contributed by atoms with Gasteiger partial charge in [0.25, 0.3) is 0 Å². The molecule has 0 spiro atoms. The molecule has 0 aromatic heterocycles. The third kappa shape index (κ3) is 3.07. The van der Waals surface area contributed by atoms with Crippen LogP contribution < -0.4 is 4.74 Å². The molecule has 15 heavy (non-hydrogen) atoms. The SMILES string of the molecule is COc1ccc(F)c(CS(=O)(=O)Cl)c1C. The highest BCUT2D eigenvalue weighted by Crippen LogP contribution is 2.26. The fourth-order valence-electron chi connectivity index (χ4n) is 1.27. The van der Waals surface area contributed by atoms with E-state index in [0.717, 1.165) is 6.07 Å². The van der Waals surface area contributed by atoms with Gasteiger partial charge in [0.15, 0.2) is 0 Å².